The van der Waals surface area contributed by atoms with Gasteiger partial charge < -0.3 is 14.6 Å². The highest BCUT2D eigenvalue weighted by Crippen LogP contribution is 2.23. The summed E-state index contributed by atoms with van der Waals surface area (Å²) in [6.07, 6.45) is 5.05. The van der Waals surface area contributed by atoms with Gasteiger partial charge in [0.25, 0.3) is 5.91 Å². The SMILES string of the molecule is CCc1noc(C)c1C(=O)OCC(=O)N[C@@H]1CCCC[C@@H]1C. The maximum atomic E-state index is 12.1. The summed E-state index contributed by atoms with van der Waals surface area (Å²) >= 11 is 0. The first-order valence-corrected chi connectivity index (χ1v) is 7.94. The molecule has 0 aliphatic heterocycles. The lowest BCUT2D eigenvalue weighted by atomic mass is 9.86. The average molecular weight is 308 g/mol. The Kier molecular flexibility index (Phi) is 5.57. The van der Waals surface area contributed by atoms with Gasteiger partial charge in [0.05, 0.1) is 5.69 Å². The standard InChI is InChI=1S/C16H24N2O4/c1-4-12-15(11(3)22-18-12)16(20)21-9-14(19)17-13-8-6-5-7-10(13)2/h10,13H,4-9H2,1-3H3,(H,17,19)/t10-,13+/m0/s1. The fraction of sp³-hybridized carbons (Fsp3) is 0.688. The predicted octanol–water partition coefficient (Wildman–Crippen LogP) is 2.40. The van der Waals surface area contributed by atoms with Gasteiger partial charge in [-0.05, 0) is 32.1 Å². The van der Waals surface area contributed by atoms with Crippen molar-refractivity contribution >= 4 is 11.9 Å². The van der Waals surface area contributed by atoms with Gasteiger partial charge >= 0.3 is 5.97 Å². The normalized spacial score (nSPS) is 21.4. The smallest absolute Gasteiger partial charge is 0.344 e. The Bertz CT molecular complexity index is 538. The molecule has 2 atom stereocenters. The number of amides is 1. The molecule has 22 heavy (non-hydrogen) atoms. The van der Waals surface area contributed by atoms with E-state index in [2.05, 4.69) is 17.4 Å². The van der Waals surface area contributed by atoms with Crippen molar-refractivity contribution in [2.75, 3.05) is 6.61 Å². The molecule has 1 heterocycles. The minimum Gasteiger partial charge on any atom is -0.452 e. The summed E-state index contributed by atoms with van der Waals surface area (Å²) in [5, 5.41) is 6.77. The fourth-order valence-electron chi connectivity index (χ4n) is 2.90. The van der Waals surface area contributed by atoms with Crippen LogP contribution in [0.15, 0.2) is 4.52 Å². The number of nitrogens with one attached hydrogen (secondary N) is 1. The van der Waals surface area contributed by atoms with E-state index in [9.17, 15) is 9.59 Å². The number of carbonyl (C=O) groups is 2. The highest BCUT2D eigenvalue weighted by molar-refractivity contribution is 5.93. The van der Waals surface area contributed by atoms with Crippen LogP contribution in [0, 0.1) is 12.8 Å². The molecule has 6 heteroatoms. The third kappa shape index (κ3) is 3.87. The first-order chi connectivity index (χ1) is 10.5. The summed E-state index contributed by atoms with van der Waals surface area (Å²) in [5.41, 5.74) is 0.894. The highest BCUT2D eigenvalue weighted by atomic mass is 16.5. The van der Waals surface area contributed by atoms with Crippen molar-refractivity contribution in [3.63, 3.8) is 0 Å². The molecule has 0 unspecified atom stereocenters. The Balaban J connectivity index is 1.85. The molecule has 1 aromatic rings. The second-order valence-electron chi connectivity index (χ2n) is 5.93. The van der Waals surface area contributed by atoms with Gasteiger partial charge in [0.15, 0.2) is 6.61 Å². The Labute approximate surface area is 130 Å². The number of aromatic nitrogens is 1. The molecule has 1 fully saturated rings. The van der Waals surface area contributed by atoms with Gasteiger partial charge in [-0.3, -0.25) is 4.79 Å². The van der Waals surface area contributed by atoms with Crippen LogP contribution in [0.4, 0.5) is 0 Å². The number of rotatable bonds is 5. The summed E-state index contributed by atoms with van der Waals surface area (Å²) in [7, 11) is 0. The Morgan fingerprint density at radius 3 is 2.77 bits per heavy atom. The molecule has 0 aromatic carbocycles. The van der Waals surface area contributed by atoms with E-state index >= 15 is 0 Å². The van der Waals surface area contributed by atoms with E-state index in [4.69, 9.17) is 9.26 Å². The average Bonchev–Trinajstić information content (AvgIpc) is 2.88. The molecule has 1 aliphatic rings. The maximum Gasteiger partial charge on any atom is 0.344 e. The van der Waals surface area contributed by atoms with Gasteiger partial charge in [0, 0.05) is 6.04 Å². The summed E-state index contributed by atoms with van der Waals surface area (Å²) < 4.78 is 10.1. The van der Waals surface area contributed by atoms with Crippen LogP contribution in [-0.2, 0) is 16.0 Å². The van der Waals surface area contributed by atoms with E-state index in [0.717, 1.165) is 19.3 Å². The van der Waals surface area contributed by atoms with E-state index in [0.29, 0.717) is 29.4 Å². The number of carbonyl (C=O) groups excluding carboxylic acids is 2. The van der Waals surface area contributed by atoms with Crippen LogP contribution in [0.3, 0.4) is 0 Å². The minimum absolute atomic E-state index is 0.184. The quantitative estimate of drug-likeness (QED) is 0.845. The summed E-state index contributed by atoms with van der Waals surface area (Å²) in [6.45, 7) is 5.41. The van der Waals surface area contributed by atoms with Gasteiger partial charge in [-0.1, -0.05) is 31.8 Å². The molecule has 0 saturated heterocycles. The molecular formula is C16H24N2O4. The van der Waals surface area contributed by atoms with Crippen LogP contribution in [-0.4, -0.2) is 29.7 Å². The molecule has 1 saturated carbocycles. The van der Waals surface area contributed by atoms with E-state index in [1.807, 2.05) is 6.92 Å². The highest BCUT2D eigenvalue weighted by Gasteiger charge is 2.24. The maximum absolute atomic E-state index is 12.1. The molecule has 0 spiro atoms. The molecule has 1 amide bonds. The molecule has 0 bridgehead atoms. The van der Waals surface area contributed by atoms with Crippen molar-refractivity contribution in [1.82, 2.24) is 10.5 Å². The number of ether oxygens (including phenoxy) is 1. The second-order valence-corrected chi connectivity index (χ2v) is 5.93. The molecule has 2 rings (SSSR count). The largest absolute Gasteiger partial charge is 0.452 e. The van der Waals surface area contributed by atoms with Crippen LogP contribution in [0.25, 0.3) is 0 Å². The first-order valence-electron chi connectivity index (χ1n) is 7.94. The molecule has 1 N–H and O–H groups in total. The predicted molar refractivity (Wildman–Crippen MR) is 80.5 cm³/mol. The van der Waals surface area contributed by atoms with Crippen LogP contribution in [0.1, 0.15) is 61.3 Å². The van der Waals surface area contributed by atoms with Crippen molar-refractivity contribution in [2.24, 2.45) is 5.92 Å². The Hall–Kier alpha value is -1.85. The summed E-state index contributed by atoms with van der Waals surface area (Å²) in [6, 6.07) is 0.184. The van der Waals surface area contributed by atoms with Gasteiger partial charge in [-0.2, -0.15) is 0 Å². The number of hydrogen-bond acceptors (Lipinski definition) is 5. The molecular weight excluding hydrogens is 284 g/mol. The Morgan fingerprint density at radius 2 is 2.09 bits per heavy atom. The fourth-order valence-corrected chi connectivity index (χ4v) is 2.90. The summed E-state index contributed by atoms with van der Waals surface area (Å²) in [5.74, 6) is 0.0882. The van der Waals surface area contributed by atoms with E-state index in [1.54, 1.807) is 6.92 Å². The van der Waals surface area contributed by atoms with Crippen LogP contribution < -0.4 is 5.32 Å². The zero-order valence-corrected chi connectivity index (χ0v) is 13.5. The third-order valence-electron chi connectivity index (χ3n) is 4.26. The van der Waals surface area contributed by atoms with E-state index < -0.39 is 5.97 Å². The van der Waals surface area contributed by atoms with Gasteiger partial charge in [-0.25, -0.2) is 4.79 Å². The lowest BCUT2D eigenvalue weighted by Crippen LogP contribution is -2.42. The second kappa shape index (κ2) is 7.42. The topological polar surface area (TPSA) is 81.4 Å². The lowest BCUT2D eigenvalue weighted by molar-refractivity contribution is -0.125. The van der Waals surface area contributed by atoms with E-state index in [-0.39, 0.29) is 18.6 Å². The third-order valence-corrected chi connectivity index (χ3v) is 4.26. The number of aryl methyl sites for hydroxylation is 2. The van der Waals surface area contributed by atoms with Crippen molar-refractivity contribution in [3.8, 4) is 0 Å². The molecule has 6 nitrogen and oxygen atoms in total. The van der Waals surface area contributed by atoms with Crippen LogP contribution in [0.5, 0.6) is 0 Å². The van der Waals surface area contributed by atoms with Gasteiger partial charge in [-0.15, -0.1) is 0 Å². The molecule has 122 valence electrons. The van der Waals surface area contributed by atoms with Crippen molar-refractivity contribution < 1.29 is 18.8 Å². The minimum atomic E-state index is -0.553. The number of hydrogen-bond donors (Lipinski definition) is 1. The molecule has 0 radical (unpaired) electrons. The number of esters is 1. The Morgan fingerprint density at radius 1 is 1.36 bits per heavy atom. The van der Waals surface area contributed by atoms with Gasteiger partial charge in [0.2, 0.25) is 0 Å². The lowest BCUT2D eigenvalue weighted by Gasteiger charge is -2.29. The van der Waals surface area contributed by atoms with Crippen molar-refractivity contribution in [1.29, 1.82) is 0 Å². The van der Waals surface area contributed by atoms with Gasteiger partial charge in [0.1, 0.15) is 11.3 Å². The zero-order chi connectivity index (χ0) is 16.1. The molecule has 1 aliphatic carbocycles. The summed E-state index contributed by atoms with van der Waals surface area (Å²) in [4.78, 5) is 24.0. The zero-order valence-electron chi connectivity index (χ0n) is 13.5. The number of nitrogens with zero attached hydrogens (tertiary/aromatic N) is 1. The monoisotopic (exact) mass is 308 g/mol. The van der Waals surface area contributed by atoms with E-state index in [1.165, 1.54) is 6.42 Å². The van der Waals surface area contributed by atoms with Crippen molar-refractivity contribution in [3.05, 3.63) is 17.0 Å². The molecule has 1 aromatic heterocycles. The first kappa shape index (κ1) is 16.5. The van der Waals surface area contributed by atoms with Crippen LogP contribution in [0.2, 0.25) is 0 Å². The van der Waals surface area contributed by atoms with Crippen molar-refractivity contribution in [2.45, 2.75) is 58.9 Å². The van der Waals surface area contributed by atoms with Crippen LogP contribution >= 0.6 is 0 Å².